The van der Waals surface area contributed by atoms with Crippen molar-refractivity contribution in [3.8, 4) is 0 Å². The number of amides is 1. The minimum Gasteiger partial charge on any atom is -0.339 e. The van der Waals surface area contributed by atoms with Gasteiger partial charge in [0.2, 0.25) is 5.91 Å². The van der Waals surface area contributed by atoms with Crippen molar-refractivity contribution in [1.29, 1.82) is 0 Å². The number of carbonyl (C=O) groups is 1. The van der Waals surface area contributed by atoms with Gasteiger partial charge in [0.05, 0.1) is 0 Å². The van der Waals surface area contributed by atoms with Crippen molar-refractivity contribution in [1.82, 2.24) is 4.90 Å². The SMILES string of the molecule is CCN(Cc1ccccc1Cl)C(=O)CCCl. The van der Waals surface area contributed by atoms with Crippen LogP contribution < -0.4 is 0 Å². The van der Waals surface area contributed by atoms with Gasteiger partial charge in [-0.25, -0.2) is 0 Å². The van der Waals surface area contributed by atoms with Gasteiger partial charge in [-0.1, -0.05) is 29.8 Å². The van der Waals surface area contributed by atoms with Crippen LogP contribution in [0.25, 0.3) is 0 Å². The molecule has 1 aromatic rings. The first kappa shape index (κ1) is 13.3. The van der Waals surface area contributed by atoms with Crippen molar-refractivity contribution in [2.24, 2.45) is 0 Å². The third-order valence-corrected chi connectivity index (χ3v) is 2.92. The van der Waals surface area contributed by atoms with E-state index in [0.29, 0.717) is 30.4 Å². The Morgan fingerprint density at radius 1 is 1.38 bits per heavy atom. The van der Waals surface area contributed by atoms with Gasteiger partial charge in [-0.2, -0.15) is 0 Å². The summed E-state index contributed by atoms with van der Waals surface area (Å²) in [4.78, 5) is 13.4. The molecule has 1 amide bonds. The second-order valence-electron chi connectivity index (χ2n) is 3.44. The fraction of sp³-hybridized carbons (Fsp3) is 0.417. The van der Waals surface area contributed by atoms with Crippen molar-refractivity contribution < 1.29 is 4.79 Å². The van der Waals surface area contributed by atoms with Crippen LogP contribution in [-0.2, 0) is 11.3 Å². The molecule has 16 heavy (non-hydrogen) atoms. The fourth-order valence-corrected chi connectivity index (χ4v) is 1.80. The summed E-state index contributed by atoms with van der Waals surface area (Å²) >= 11 is 11.6. The smallest absolute Gasteiger partial charge is 0.224 e. The summed E-state index contributed by atoms with van der Waals surface area (Å²) in [5, 5.41) is 0.694. The molecule has 0 radical (unpaired) electrons. The molecule has 1 rings (SSSR count). The molecule has 4 heteroatoms. The first-order valence-electron chi connectivity index (χ1n) is 5.26. The highest BCUT2D eigenvalue weighted by molar-refractivity contribution is 6.31. The predicted molar refractivity (Wildman–Crippen MR) is 67.9 cm³/mol. The Balaban J connectivity index is 2.70. The van der Waals surface area contributed by atoms with Gasteiger partial charge in [0.25, 0.3) is 0 Å². The lowest BCUT2D eigenvalue weighted by Crippen LogP contribution is -2.30. The second kappa shape index (κ2) is 6.77. The van der Waals surface area contributed by atoms with Crippen LogP contribution in [0.2, 0.25) is 5.02 Å². The number of benzene rings is 1. The van der Waals surface area contributed by atoms with Crippen LogP contribution in [0.1, 0.15) is 18.9 Å². The van der Waals surface area contributed by atoms with E-state index in [9.17, 15) is 4.79 Å². The van der Waals surface area contributed by atoms with Crippen LogP contribution in [-0.4, -0.2) is 23.2 Å². The average Bonchev–Trinajstić information content (AvgIpc) is 2.28. The van der Waals surface area contributed by atoms with Crippen LogP contribution in [0.4, 0.5) is 0 Å². The predicted octanol–water partition coefficient (Wildman–Crippen LogP) is 3.32. The van der Waals surface area contributed by atoms with E-state index in [-0.39, 0.29) is 5.91 Å². The minimum atomic E-state index is 0.0671. The number of nitrogens with zero attached hydrogens (tertiary/aromatic N) is 1. The molecule has 0 aliphatic heterocycles. The van der Waals surface area contributed by atoms with E-state index in [1.807, 2.05) is 31.2 Å². The summed E-state index contributed by atoms with van der Waals surface area (Å²) in [5.41, 5.74) is 0.967. The molecular formula is C12H15Cl2NO. The molecule has 0 saturated heterocycles. The first-order valence-corrected chi connectivity index (χ1v) is 6.17. The number of alkyl halides is 1. The van der Waals surface area contributed by atoms with Gasteiger partial charge < -0.3 is 4.90 Å². The largest absolute Gasteiger partial charge is 0.339 e. The molecule has 0 saturated carbocycles. The van der Waals surface area contributed by atoms with E-state index in [1.54, 1.807) is 4.90 Å². The Labute approximate surface area is 106 Å². The molecular weight excluding hydrogens is 245 g/mol. The summed E-state index contributed by atoms with van der Waals surface area (Å²) in [7, 11) is 0. The van der Waals surface area contributed by atoms with Crippen LogP contribution in [0.5, 0.6) is 0 Å². The molecule has 0 atom stereocenters. The van der Waals surface area contributed by atoms with E-state index in [4.69, 9.17) is 23.2 Å². The van der Waals surface area contributed by atoms with Crippen molar-refractivity contribution >= 4 is 29.1 Å². The lowest BCUT2D eigenvalue weighted by molar-refractivity contribution is -0.131. The third-order valence-electron chi connectivity index (χ3n) is 2.36. The molecule has 88 valence electrons. The molecule has 1 aromatic carbocycles. The zero-order chi connectivity index (χ0) is 12.0. The number of carbonyl (C=O) groups excluding carboxylic acids is 1. The molecule has 0 N–H and O–H groups in total. The first-order chi connectivity index (χ1) is 7.69. The number of rotatable bonds is 5. The summed E-state index contributed by atoms with van der Waals surface area (Å²) in [5.74, 6) is 0.426. The van der Waals surface area contributed by atoms with Crippen LogP contribution in [0.15, 0.2) is 24.3 Å². The Morgan fingerprint density at radius 2 is 2.06 bits per heavy atom. The van der Waals surface area contributed by atoms with E-state index < -0.39 is 0 Å². The lowest BCUT2D eigenvalue weighted by atomic mass is 10.2. The van der Waals surface area contributed by atoms with Gasteiger partial charge in [-0.15, -0.1) is 11.6 Å². The maximum absolute atomic E-state index is 11.7. The summed E-state index contributed by atoms with van der Waals surface area (Å²) < 4.78 is 0. The maximum atomic E-state index is 11.7. The van der Waals surface area contributed by atoms with E-state index >= 15 is 0 Å². The van der Waals surface area contributed by atoms with E-state index in [0.717, 1.165) is 5.56 Å². The minimum absolute atomic E-state index is 0.0671. The summed E-state index contributed by atoms with van der Waals surface area (Å²) in [6, 6.07) is 7.56. The molecule has 2 nitrogen and oxygen atoms in total. The van der Waals surface area contributed by atoms with Crippen molar-refractivity contribution in [2.45, 2.75) is 19.9 Å². The number of hydrogen-bond donors (Lipinski definition) is 0. The maximum Gasteiger partial charge on any atom is 0.224 e. The van der Waals surface area contributed by atoms with Crippen LogP contribution in [0.3, 0.4) is 0 Å². The van der Waals surface area contributed by atoms with Crippen molar-refractivity contribution in [3.05, 3.63) is 34.9 Å². The number of halogens is 2. The molecule has 0 bridgehead atoms. The van der Waals surface area contributed by atoms with Crippen molar-refractivity contribution in [2.75, 3.05) is 12.4 Å². The zero-order valence-corrected chi connectivity index (χ0v) is 10.8. The number of hydrogen-bond acceptors (Lipinski definition) is 1. The zero-order valence-electron chi connectivity index (χ0n) is 9.25. The van der Waals surface area contributed by atoms with Gasteiger partial charge in [0.15, 0.2) is 0 Å². The molecule has 0 aromatic heterocycles. The highest BCUT2D eigenvalue weighted by Gasteiger charge is 2.12. The van der Waals surface area contributed by atoms with Gasteiger partial charge >= 0.3 is 0 Å². The standard InChI is InChI=1S/C12H15Cl2NO/c1-2-15(12(16)7-8-13)9-10-5-3-4-6-11(10)14/h3-6H,2,7-9H2,1H3. The molecule has 0 aliphatic rings. The van der Waals surface area contributed by atoms with Crippen LogP contribution in [0, 0.1) is 0 Å². The Hall–Kier alpha value is -0.730. The van der Waals surface area contributed by atoms with Crippen LogP contribution >= 0.6 is 23.2 Å². The van der Waals surface area contributed by atoms with Gasteiger partial charge in [0.1, 0.15) is 0 Å². The third kappa shape index (κ3) is 3.69. The monoisotopic (exact) mass is 259 g/mol. The highest BCUT2D eigenvalue weighted by atomic mass is 35.5. The fourth-order valence-electron chi connectivity index (χ4n) is 1.45. The highest BCUT2D eigenvalue weighted by Crippen LogP contribution is 2.17. The van der Waals surface area contributed by atoms with Gasteiger partial charge in [-0.05, 0) is 18.6 Å². The average molecular weight is 260 g/mol. The van der Waals surface area contributed by atoms with E-state index in [1.165, 1.54) is 0 Å². The Morgan fingerprint density at radius 3 is 2.62 bits per heavy atom. The topological polar surface area (TPSA) is 20.3 Å². The Bertz CT molecular complexity index is 355. The van der Waals surface area contributed by atoms with E-state index in [2.05, 4.69) is 0 Å². The molecule has 0 heterocycles. The summed E-state index contributed by atoms with van der Waals surface area (Å²) in [6.07, 6.45) is 0.375. The molecule has 0 spiro atoms. The second-order valence-corrected chi connectivity index (χ2v) is 4.22. The van der Waals surface area contributed by atoms with Gasteiger partial charge in [-0.3, -0.25) is 4.79 Å². The van der Waals surface area contributed by atoms with Gasteiger partial charge in [0, 0.05) is 30.4 Å². The molecule has 0 aliphatic carbocycles. The lowest BCUT2D eigenvalue weighted by Gasteiger charge is -2.21. The molecule has 0 fully saturated rings. The Kier molecular flexibility index (Phi) is 5.64. The normalized spacial score (nSPS) is 10.2. The molecule has 0 unspecified atom stereocenters. The summed E-state index contributed by atoms with van der Waals surface area (Å²) in [6.45, 7) is 3.16. The van der Waals surface area contributed by atoms with Crippen molar-refractivity contribution in [3.63, 3.8) is 0 Å². The quantitative estimate of drug-likeness (QED) is 0.744.